The highest BCUT2D eigenvalue weighted by Gasteiger charge is 2.30. The van der Waals surface area contributed by atoms with Crippen LogP contribution in [0, 0.1) is 5.92 Å². The third kappa shape index (κ3) is 3.83. The van der Waals surface area contributed by atoms with Gasteiger partial charge < -0.3 is 25.6 Å². The lowest BCUT2D eigenvalue weighted by Gasteiger charge is -2.15. The number of para-hydroxylation sites is 1. The highest BCUT2D eigenvalue weighted by atomic mass is 16.5. The summed E-state index contributed by atoms with van der Waals surface area (Å²) in [6.07, 6.45) is 2.91. The number of primary amides is 1. The van der Waals surface area contributed by atoms with E-state index >= 15 is 0 Å². The fraction of sp³-hybridized carbons (Fsp3) is 0.222. The van der Waals surface area contributed by atoms with Crippen LogP contribution in [0.2, 0.25) is 0 Å². The Bertz CT molecular complexity index is 1060. The Morgan fingerprint density at radius 1 is 1.24 bits per heavy atom. The Morgan fingerprint density at radius 2 is 2.07 bits per heavy atom. The van der Waals surface area contributed by atoms with Gasteiger partial charge in [0.05, 0.1) is 24.0 Å². The smallest absolute Gasteiger partial charge is 0.271 e. The van der Waals surface area contributed by atoms with Crippen LogP contribution in [0.15, 0.2) is 35.2 Å². The van der Waals surface area contributed by atoms with Gasteiger partial charge in [0.1, 0.15) is 0 Å². The number of amides is 2. The van der Waals surface area contributed by atoms with Gasteiger partial charge in [-0.1, -0.05) is 11.2 Å². The van der Waals surface area contributed by atoms with Crippen LogP contribution in [-0.4, -0.2) is 39.3 Å². The predicted molar refractivity (Wildman–Crippen MR) is 101 cm³/mol. The largest absolute Gasteiger partial charge is 0.494 e. The number of benzene rings is 1. The lowest BCUT2D eigenvalue weighted by molar-refractivity contribution is -0.117. The lowest BCUT2D eigenvalue weighted by Crippen LogP contribution is -2.19. The Hall–Kier alpha value is -4.02. The van der Waals surface area contributed by atoms with Crippen LogP contribution in [0.5, 0.6) is 5.75 Å². The van der Waals surface area contributed by atoms with Crippen LogP contribution in [0.3, 0.4) is 0 Å². The van der Waals surface area contributed by atoms with Crippen LogP contribution in [0.1, 0.15) is 23.3 Å². The first-order valence-corrected chi connectivity index (χ1v) is 8.76. The number of carbonyl (C=O) groups is 2. The van der Waals surface area contributed by atoms with Crippen molar-refractivity contribution in [1.29, 1.82) is 0 Å². The average Bonchev–Trinajstić information content (AvgIpc) is 3.42. The molecule has 0 atom stereocenters. The number of hydrogen-bond acceptors (Lipinski definition) is 9. The summed E-state index contributed by atoms with van der Waals surface area (Å²) in [6, 6.07) is 6.74. The first-order chi connectivity index (χ1) is 14.1. The second kappa shape index (κ2) is 7.54. The molecular formula is C18H17N7O4. The van der Waals surface area contributed by atoms with E-state index in [0.717, 1.165) is 12.8 Å². The van der Waals surface area contributed by atoms with Gasteiger partial charge in [-0.3, -0.25) is 9.59 Å². The number of anilines is 3. The van der Waals surface area contributed by atoms with E-state index in [9.17, 15) is 9.59 Å². The molecule has 1 aromatic carbocycles. The minimum Gasteiger partial charge on any atom is -0.494 e. The van der Waals surface area contributed by atoms with E-state index in [1.54, 1.807) is 18.2 Å². The molecule has 0 unspecified atom stereocenters. The van der Waals surface area contributed by atoms with Crippen molar-refractivity contribution >= 4 is 29.0 Å². The zero-order chi connectivity index (χ0) is 20.4. The van der Waals surface area contributed by atoms with Gasteiger partial charge in [-0.25, -0.2) is 0 Å². The highest BCUT2D eigenvalue weighted by molar-refractivity contribution is 5.99. The summed E-state index contributed by atoms with van der Waals surface area (Å²) in [5.41, 5.74) is 6.69. The lowest BCUT2D eigenvalue weighted by atomic mass is 10.1. The SMILES string of the molecule is COc1c(Nc2cc(NC(=O)C3CC3)nnc2C(N)=O)cccc1-c1ncon1. The summed E-state index contributed by atoms with van der Waals surface area (Å²) in [7, 11) is 1.49. The highest BCUT2D eigenvalue weighted by Crippen LogP contribution is 2.37. The first kappa shape index (κ1) is 18.3. The zero-order valence-electron chi connectivity index (χ0n) is 15.4. The number of nitrogens with zero attached hydrogens (tertiary/aromatic N) is 4. The Morgan fingerprint density at radius 3 is 2.72 bits per heavy atom. The fourth-order valence-electron chi connectivity index (χ4n) is 2.77. The van der Waals surface area contributed by atoms with Gasteiger partial charge in [0, 0.05) is 12.0 Å². The summed E-state index contributed by atoms with van der Waals surface area (Å²) in [5, 5.41) is 17.3. The number of nitrogens with two attached hydrogens (primary N) is 1. The van der Waals surface area contributed by atoms with Crippen LogP contribution in [-0.2, 0) is 4.79 Å². The van der Waals surface area contributed by atoms with Gasteiger partial charge in [0.15, 0.2) is 17.3 Å². The maximum Gasteiger partial charge on any atom is 0.271 e. The van der Waals surface area contributed by atoms with E-state index < -0.39 is 5.91 Å². The van der Waals surface area contributed by atoms with Crippen LogP contribution < -0.4 is 21.1 Å². The number of methoxy groups -OCH3 is 1. The molecule has 0 bridgehead atoms. The number of aromatic nitrogens is 4. The van der Waals surface area contributed by atoms with Crippen molar-refractivity contribution in [2.75, 3.05) is 17.7 Å². The molecule has 2 heterocycles. The number of nitrogens with one attached hydrogen (secondary N) is 2. The molecule has 148 valence electrons. The monoisotopic (exact) mass is 395 g/mol. The molecule has 29 heavy (non-hydrogen) atoms. The number of hydrogen-bond donors (Lipinski definition) is 3. The third-order valence-corrected chi connectivity index (χ3v) is 4.32. The number of rotatable bonds is 7. The van der Waals surface area contributed by atoms with E-state index in [4.69, 9.17) is 15.0 Å². The van der Waals surface area contributed by atoms with E-state index in [0.29, 0.717) is 22.8 Å². The van der Waals surface area contributed by atoms with Gasteiger partial charge in [-0.05, 0) is 25.0 Å². The van der Waals surface area contributed by atoms with E-state index in [1.807, 2.05) is 0 Å². The summed E-state index contributed by atoms with van der Waals surface area (Å²) >= 11 is 0. The first-order valence-electron chi connectivity index (χ1n) is 8.76. The van der Waals surface area contributed by atoms with Crippen molar-refractivity contribution in [3.63, 3.8) is 0 Å². The zero-order valence-corrected chi connectivity index (χ0v) is 15.4. The van der Waals surface area contributed by atoms with Crippen LogP contribution in [0.25, 0.3) is 11.4 Å². The van der Waals surface area contributed by atoms with E-state index in [1.165, 1.54) is 19.6 Å². The average molecular weight is 395 g/mol. The van der Waals surface area contributed by atoms with Gasteiger partial charge in [-0.2, -0.15) is 4.98 Å². The normalized spacial score (nSPS) is 13.0. The van der Waals surface area contributed by atoms with Gasteiger partial charge in [-0.15, -0.1) is 10.2 Å². The third-order valence-electron chi connectivity index (χ3n) is 4.32. The van der Waals surface area contributed by atoms with Crippen molar-refractivity contribution < 1.29 is 18.8 Å². The van der Waals surface area contributed by atoms with Gasteiger partial charge >= 0.3 is 0 Å². The van der Waals surface area contributed by atoms with Crippen molar-refractivity contribution in [2.45, 2.75) is 12.8 Å². The Balaban J connectivity index is 1.70. The predicted octanol–water partition coefficient (Wildman–Crippen LogP) is 1.73. The van der Waals surface area contributed by atoms with Gasteiger partial charge in [0.2, 0.25) is 18.1 Å². The molecule has 1 aliphatic rings. The molecule has 2 amide bonds. The van der Waals surface area contributed by atoms with E-state index in [2.05, 4.69) is 31.0 Å². The van der Waals surface area contributed by atoms with E-state index in [-0.39, 0.29) is 29.0 Å². The molecule has 1 fully saturated rings. The van der Waals surface area contributed by atoms with Crippen molar-refractivity contribution in [1.82, 2.24) is 20.3 Å². The Labute approximate surface area is 164 Å². The molecule has 4 rings (SSSR count). The second-order valence-corrected chi connectivity index (χ2v) is 6.39. The second-order valence-electron chi connectivity index (χ2n) is 6.39. The summed E-state index contributed by atoms with van der Waals surface area (Å²) in [5.74, 6) is 0.0659. The van der Waals surface area contributed by atoms with Gasteiger partial charge in [0.25, 0.3) is 5.91 Å². The molecule has 0 spiro atoms. The van der Waals surface area contributed by atoms with Crippen LogP contribution >= 0.6 is 0 Å². The summed E-state index contributed by atoms with van der Waals surface area (Å²) in [4.78, 5) is 27.8. The molecule has 2 aromatic heterocycles. The minimum absolute atomic E-state index is 0.00392. The standard InChI is InChI=1S/C18H17N7O4/c1-28-15-10(17-20-8-29-25-17)3-2-4-11(15)21-12-7-13(22-18(27)9-5-6-9)23-24-14(12)16(19)26/h2-4,7-9H,5-6H2,1H3,(H2,19,26)(H2,21,22,23,27). The summed E-state index contributed by atoms with van der Waals surface area (Å²) < 4.78 is 10.3. The number of carbonyl (C=O) groups excluding carboxylic acids is 2. The molecule has 4 N–H and O–H groups in total. The molecule has 11 heteroatoms. The number of ether oxygens (including phenoxy) is 1. The summed E-state index contributed by atoms with van der Waals surface area (Å²) in [6.45, 7) is 0. The molecule has 0 radical (unpaired) electrons. The van der Waals surface area contributed by atoms with Crippen molar-refractivity contribution in [2.24, 2.45) is 11.7 Å². The minimum atomic E-state index is -0.770. The Kier molecular flexibility index (Phi) is 4.77. The quantitative estimate of drug-likeness (QED) is 0.541. The molecule has 3 aromatic rings. The maximum atomic E-state index is 12.0. The fourth-order valence-corrected chi connectivity index (χ4v) is 2.77. The molecule has 1 aliphatic carbocycles. The topological polar surface area (TPSA) is 158 Å². The van der Waals surface area contributed by atoms with Crippen LogP contribution in [0.4, 0.5) is 17.2 Å². The van der Waals surface area contributed by atoms with Crippen molar-refractivity contribution in [3.05, 3.63) is 36.4 Å². The molecular weight excluding hydrogens is 378 g/mol. The maximum absolute atomic E-state index is 12.0. The molecule has 1 saturated carbocycles. The van der Waals surface area contributed by atoms with Crippen molar-refractivity contribution in [3.8, 4) is 17.1 Å². The molecule has 11 nitrogen and oxygen atoms in total. The molecule has 0 saturated heterocycles. The molecule has 0 aliphatic heterocycles.